The van der Waals surface area contributed by atoms with Crippen LogP contribution in [-0.4, -0.2) is 32.8 Å². The molecule has 0 saturated carbocycles. The van der Waals surface area contributed by atoms with Crippen molar-refractivity contribution >= 4 is 28.6 Å². The van der Waals surface area contributed by atoms with Gasteiger partial charge in [0, 0.05) is 36.4 Å². The number of anilines is 2. The van der Waals surface area contributed by atoms with E-state index in [9.17, 15) is 4.79 Å². The number of aromatic nitrogens is 4. The zero-order chi connectivity index (χ0) is 20.7. The second kappa shape index (κ2) is 7.22. The number of ketones is 1. The highest BCUT2D eigenvalue weighted by molar-refractivity contribution is 5.98. The lowest BCUT2D eigenvalue weighted by Gasteiger charge is -2.21. The first-order valence-corrected chi connectivity index (χ1v) is 9.62. The summed E-state index contributed by atoms with van der Waals surface area (Å²) >= 11 is 0. The number of aryl methyl sites for hydroxylation is 1. The molecule has 3 heterocycles. The maximum Gasteiger partial charge on any atom is 0.230 e. The van der Waals surface area contributed by atoms with Crippen molar-refractivity contribution in [3.63, 3.8) is 0 Å². The standard InChI is InChI=1S/C22H19N5O3/c1-12-15-6-5-14(29-2)10-18(15)26-22(24-12)27-21-23-11-16-17(25-21)8-13(9-19(16)28)20-4-3-7-30-20/h3-7,10-11,13H,8-9H2,1-2H3,(H,23,24,25,26,27)/t13-/m1/s1. The number of Topliss-reactive ketones (excluding diaryl/α,β-unsaturated/α-hetero) is 1. The smallest absolute Gasteiger partial charge is 0.230 e. The van der Waals surface area contributed by atoms with Crippen LogP contribution in [0.3, 0.4) is 0 Å². The Bertz CT molecular complexity index is 1250. The highest BCUT2D eigenvalue weighted by Crippen LogP contribution is 2.32. The van der Waals surface area contributed by atoms with Crippen molar-refractivity contribution in [3.05, 3.63) is 65.5 Å². The summed E-state index contributed by atoms with van der Waals surface area (Å²) < 4.78 is 10.8. The molecule has 1 aliphatic rings. The number of hydrogen-bond donors (Lipinski definition) is 1. The average molecular weight is 401 g/mol. The molecule has 1 atom stereocenters. The zero-order valence-corrected chi connectivity index (χ0v) is 16.5. The Morgan fingerprint density at radius 2 is 2.03 bits per heavy atom. The molecule has 0 radical (unpaired) electrons. The summed E-state index contributed by atoms with van der Waals surface area (Å²) in [6.45, 7) is 1.92. The molecule has 4 aromatic rings. The Morgan fingerprint density at radius 3 is 2.83 bits per heavy atom. The molecule has 3 aromatic heterocycles. The van der Waals surface area contributed by atoms with Gasteiger partial charge < -0.3 is 9.15 Å². The number of carbonyl (C=O) groups is 1. The molecule has 30 heavy (non-hydrogen) atoms. The number of nitrogens with one attached hydrogen (secondary N) is 1. The summed E-state index contributed by atoms with van der Waals surface area (Å²) in [7, 11) is 1.62. The van der Waals surface area contributed by atoms with E-state index in [1.54, 1.807) is 19.6 Å². The molecule has 150 valence electrons. The maximum absolute atomic E-state index is 12.5. The van der Waals surface area contributed by atoms with Crippen LogP contribution < -0.4 is 10.1 Å². The molecule has 0 aliphatic heterocycles. The number of nitrogens with zero attached hydrogens (tertiary/aromatic N) is 4. The van der Waals surface area contributed by atoms with Crippen LogP contribution in [0, 0.1) is 6.92 Å². The third kappa shape index (κ3) is 3.26. The minimum atomic E-state index is -0.0191. The highest BCUT2D eigenvalue weighted by atomic mass is 16.5. The Hall–Kier alpha value is -3.81. The van der Waals surface area contributed by atoms with Crippen LogP contribution in [0.2, 0.25) is 0 Å². The van der Waals surface area contributed by atoms with E-state index < -0.39 is 0 Å². The Labute approximate surface area is 172 Å². The van der Waals surface area contributed by atoms with Gasteiger partial charge in [0.15, 0.2) is 5.78 Å². The van der Waals surface area contributed by atoms with E-state index in [0.717, 1.165) is 28.1 Å². The SMILES string of the molecule is COc1ccc2c(C)nc(Nc3ncc4c(n3)C[C@@H](c3ccco3)CC4=O)nc2c1. The molecule has 8 heteroatoms. The van der Waals surface area contributed by atoms with Crippen molar-refractivity contribution in [2.45, 2.75) is 25.7 Å². The molecule has 0 fully saturated rings. The van der Waals surface area contributed by atoms with Gasteiger partial charge in [-0.15, -0.1) is 0 Å². The molecule has 0 amide bonds. The molecule has 1 aromatic carbocycles. The van der Waals surface area contributed by atoms with Gasteiger partial charge in [0.05, 0.1) is 35.8 Å². The summed E-state index contributed by atoms with van der Waals surface area (Å²) in [5, 5.41) is 4.01. The van der Waals surface area contributed by atoms with Gasteiger partial charge in [0.1, 0.15) is 11.5 Å². The molecule has 0 unspecified atom stereocenters. The van der Waals surface area contributed by atoms with Crippen molar-refractivity contribution < 1.29 is 13.9 Å². The molecule has 1 N–H and O–H groups in total. The van der Waals surface area contributed by atoms with Crippen LogP contribution in [0.25, 0.3) is 10.9 Å². The average Bonchev–Trinajstić information content (AvgIpc) is 3.28. The van der Waals surface area contributed by atoms with Crippen LogP contribution in [0.1, 0.15) is 39.8 Å². The molecular weight excluding hydrogens is 382 g/mol. The van der Waals surface area contributed by atoms with E-state index in [1.165, 1.54) is 0 Å². The second-order valence-corrected chi connectivity index (χ2v) is 7.24. The largest absolute Gasteiger partial charge is 0.497 e. The lowest BCUT2D eigenvalue weighted by Crippen LogP contribution is -2.21. The van der Waals surface area contributed by atoms with Crippen molar-refractivity contribution in [2.75, 3.05) is 12.4 Å². The number of carbonyl (C=O) groups excluding carboxylic acids is 1. The van der Waals surface area contributed by atoms with Crippen molar-refractivity contribution in [3.8, 4) is 5.75 Å². The van der Waals surface area contributed by atoms with Gasteiger partial charge in [-0.05, 0) is 31.2 Å². The Morgan fingerprint density at radius 1 is 1.13 bits per heavy atom. The van der Waals surface area contributed by atoms with Crippen LogP contribution in [-0.2, 0) is 6.42 Å². The predicted molar refractivity (Wildman–Crippen MR) is 110 cm³/mol. The first kappa shape index (κ1) is 18.2. The normalized spacial score (nSPS) is 15.8. The molecule has 0 saturated heterocycles. The quantitative estimate of drug-likeness (QED) is 0.548. The number of benzene rings is 1. The van der Waals surface area contributed by atoms with Crippen LogP contribution in [0.4, 0.5) is 11.9 Å². The monoisotopic (exact) mass is 401 g/mol. The molecular formula is C22H19N5O3. The summed E-state index contributed by atoms with van der Waals surface area (Å²) in [5.41, 5.74) is 2.85. The third-order valence-electron chi connectivity index (χ3n) is 5.30. The number of rotatable bonds is 4. The summed E-state index contributed by atoms with van der Waals surface area (Å²) in [6, 6.07) is 9.39. The van der Waals surface area contributed by atoms with E-state index in [0.29, 0.717) is 36.0 Å². The van der Waals surface area contributed by atoms with E-state index in [4.69, 9.17) is 9.15 Å². The van der Waals surface area contributed by atoms with Gasteiger partial charge in [0.25, 0.3) is 0 Å². The van der Waals surface area contributed by atoms with Gasteiger partial charge in [-0.2, -0.15) is 0 Å². The maximum atomic E-state index is 12.5. The van der Waals surface area contributed by atoms with E-state index in [1.807, 2.05) is 37.3 Å². The molecule has 1 aliphatic carbocycles. The Balaban J connectivity index is 1.46. The number of furan rings is 1. The summed E-state index contributed by atoms with van der Waals surface area (Å²) in [5.74, 6) is 2.26. The van der Waals surface area contributed by atoms with Gasteiger partial charge >= 0.3 is 0 Å². The number of fused-ring (bicyclic) bond motifs is 2. The third-order valence-corrected chi connectivity index (χ3v) is 5.30. The van der Waals surface area contributed by atoms with Crippen LogP contribution in [0.15, 0.2) is 47.2 Å². The predicted octanol–water partition coefficient (Wildman–Crippen LogP) is 3.99. The van der Waals surface area contributed by atoms with Gasteiger partial charge in [0.2, 0.25) is 11.9 Å². The number of ether oxygens (including phenoxy) is 1. The topological polar surface area (TPSA) is 103 Å². The van der Waals surface area contributed by atoms with Gasteiger partial charge in [-0.1, -0.05) is 0 Å². The van der Waals surface area contributed by atoms with Crippen LogP contribution in [0.5, 0.6) is 5.75 Å². The fourth-order valence-electron chi connectivity index (χ4n) is 3.78. The first-order chi connectivity index (χ1) is 14.6. The minimum Gasteiger partial charge on any atom is -0.497 e. The van der Waals surface area contributed by atoms with Gasteiger partial charge in [-0.25, -0.2) is 19.9 Å². The van der Waals surface area contributed by atoms with Crippen molar-refractivity contribution in [1.82, 2.24) is 19.9 Å². The van der Waals surface area contributed by atoms with Crippen molar-refractivity contribution in [1.29, 1.82) is 0 Å². The van der Waals surface area contributed by atoms with E-state index in [2.05, 4.69) is 25.3 Å². The fraction of sp³-hybridized carbons (Fsp3) is 0.227. The lowest BCUT2D eigenvalue weighted by molar-refractivity contribution is 0.0958. The first-order valence-electron chi connectivity index (χ1n) is 9.62. The van der Waals surface area contributed by atoms with Crippen LogP contribution >= 0.6 is 0 Å². The van der Waals surface area contributed by atoms with Gasteiger partial charge in [-0.3, -0.25) is 10.1 Å². The lowest BCUT2D eigenvalue weighted by atomic mass is 9.85. The molecule has 0 spiro atoms. The number of hydrogen-bond acceptors (Lipinski definition) is 8. The van der Waals surface area contributed by atoms with E-state index >= 15 is 0 Å². The second-order valence-electron chi connectivity index (χ2n) is 7.24. The van der Waals surface area contributed by atoms with E-state index in [-0.39, 0.29) is 11.7 Å². The minimum absolute atomic E-state index is 0.0191. The highest BCUT2D eigenvalue weighted by Gasteiger charge is 2.29. The summed E-state index contributed by atoms with van der Waals surface area (Å²) in [4.78, 5) is 30.5. The Kier molecular flexibility index (Phi) is 4.39. The molecule has 8 nitrogen and oxygen atoms in total. The summed E-state index contributed by atoms with van der Waals surface area (Å²) in [6.07, 6.45) is 4.20. The number of methoxy groups -OCH3 is 1. The molecule has 0 bridgehead atoms. The molecule has 5 rings (SSSR count). The van der Waals surface area contributed by atoms with Crippen molar-refractivity contribution in [2.24, 2.45) is 0 Å². The fourth-order valence-corrected chi connectivity index (χ4v) is 3.78. The zero-order valence-electron chi connectivity index (χ0n) is 16.5.